The predicted octanol–water partition coefficient (Wildman–Crippen LogP) is 7.56. The van der Waals surface area contributed by atoms with E-state index >= 15 is 0 Å². The van der Waals surface area contributed by atoms with Crippen LogP contribution in [0.5, 0.6) is 0 Å². The standard InChI is InChI=1S/C30H27N/c1-2-6-27-24(4-1)25-9-8-20(23-5-3-7-29-26(23)10-11-31-29)17-28(25)30(27)21-13-18-12-19(15-21)16-22(30)14-18/h1-11,17-19,21-22,31H,12-16H2. The molecule has 5 aliphatic carbocycles. The molecule has 1 aromatic heterocycles. The number of nitrogens with one attached hydrogen (secondary N) is 1. The van der Waals surface area contributed by atoms with Crippen LogP contribution in [0, 0.1) is 23.7 Å². The largest absolute Gasteiger partial charge is 0.361 e. The second-order valence-corrected chi connectivity index (χ2v) is 10.7. The van der Waals surface area contributed by atoms with E-state index in [2.05, 4.69) is 77.9 Å². The highest BCUT2D eigenvalue weighted by molar-refractivity contribution is 5.96. The fraction of sp³-hybridized carbons (Fsp3) is 0.333. The van der Waals surface area contributed by atoms with Gasteiger partial charge in [0.25, 0.3) is 0 Å². The second kappa shape index (κ2) is 5.71. The highest BCUT2D eigenvalue weighted by Gasteiger charge is 2.61. The number of aromatic amines is 1. The van der Waals surface area contributed by atoms with Gasteiger partial charge in [0, 0.05) is 22.5 Å². The summed E-state index contributed by atoms with van der Waals surface area (Å²) in [5.74, 6) is 3.62. The summed E-state index contributed by atoms with van der Waals surface area (Å²) < 4.78 is 0. The van der Waals surface area contributed by atoms with E-state index in [9.17, 15) is 0 Å². The highest BCUT2D eigenvalue weighted by atomic mass is 14.7. The Bertz CT molecular complexity index is 1330. The lowest BCUT2D eigenvalue weighted by molar-refractivity contribution is -0.0399. The summed E-state index contributed by atoms with van der Waals surface area (Å²) in [4.78, 5) is 3.40. The molecule has 0 atom stereocenters. The van der Waals surface area contributed by atoms with E-state index in [1.165, 1.54) is 65.3 Å². The topological polar surface area (TPSA) is 15.8 Å². The van der Waals surface area contributed by atoms with Crippen molar-refractivity contribution in [1.82, 2.24) is 4.98 Å². The Morgan fingerprint density at radius 2 is 1.39 bits per heavy atom. The summed E-state index contributed by atoms with van der Waals surface area (Å²) in [6.07, 6.45) is 9.34. The first-order valence-electron chi connectivity index (χ1n) is 12.1. The minimum absolute atomic E-state index is 0.251. The fourth-order valence-corrected chi connectivity index (χ4v) is 8.66. The lowest BCUT2D eigenvalue weighted by Crippen LogP contribution is -2.55. The molecule has 9 rings (SSSR count). The smallest absolute Gasteiger partial charge is 0.0460 e. The van der Waals surface area contributed by atoms with Crippen molar-refractivity contribution in [2.75, 3.05) is 0 Å². The zero-order valence-corrected chi connectivity index (χ0v) is 17.8. The normalized spacial score (nSPS) is 32.0. The average molecular weight is 402 g/mol. The molecule has 1 N–H and O–H groups in total. The molecule has 0 saturated heterocycles. The van der Waals surface area contributed by atoms with E-state index in [0.29, 0.717) is 0 Å². The quantitative estimate of drug-likeness (QED) is 0.339. The third kappa shape index (κ3) is 1.99. The molecule has 1 heterocycles. The van der Waals surface area contributed by atoms with Crippen LogP contribution in [-0.4, -0.2) is 4.98 Å². The minimum Gasteiger partial charge on any atom is -0.361 e. The number of hydrogen-bond donors (Lipinski definition) is 1. The maximum atomic E-state index is 3.40. The first-order chi connectivity index (χ1) is 15.3. The third-order valence-electron chi connectivity index (χ3n) is 9.46. The Labute approximate surface area is 183 Å². The number of hydrogen-bond acceptors (Lipinski definition) is 0. The number of benzene rings is 3. The fourth-order valence-electron chi connectivity index (χ4n) is 8.66. The van der Waals surface area contributed by atoms with Crippen LogP contribution in [0.2, 0.25) is 0 Å². The van der Waals surface area contributed by atoms with Crippen LogP contribution in [0.3, 0.4) is 0 Å². The highest BCUT2D eigenvalue weighted by Crippen LogP contribution is 2.69. The molecule has 4 aromatic rings. The van der Waals surface area contributed by atoms with Gasteiger partial charge < -0.3 is 4.98 Å². The van der Waals surface area contributed by atoms with E-state index in [4.69, 9.17) is 0 Å². The van der Waals surface area contributed by atoms with Gasteiger partial charge >= 0.3 is 0 Å². The van der Waals surface area contributed by atoms with Crippen molar-refractivity contribution in [2.45, 2.75) is 37.5 Å². The molecule has 0 radical (unpaired) electrons. The van der Waals surface area contributed by atoms with Gasteiger partial charge in [0.05, 0.1) is 0 Å². The Kier molecular flexibility index (Phi) is 3.10. The molecule has 3 aromatic carbocycles. The van der Waals surface area contributed by atoms with Crippen molar-refractivity contribution in [3.63, 3.8) is 0 Å². The zero-order chi connectivity index (χ0) is 20.2. The number of fused-ring (bicyclic) bond motifs is 4. The van der Waals surface area contributed by atoms with Crippen LogP contribution in [0.4, 0.5) is 0 Å². The van der Waals surface area contributed by atoms with Gasteiger partial charge in [-0.05, 0) is 107 Å². The first-order valence-corrected chi connectivity index (χ1v) is 12.1. The van der Waals surface area contributed by atoms with Crippen molar-refractivity contribution in [3.05, 3.63) is 84.1 Å². The zero-order valence-electron chi connectivity index (χ0n) is 17.8. The van der Waals surface area contributed by atoms with Crippen molar-refractivity contribution in [2.24, 2.45) is 23.7 Å². The summed E-state index contributed by atoms with van der Waals surface area (Å²) >= 11 is 0. The van der Waals surface area contributed by atoms with Crippen LogP contribution in [-0.2, 0) is 5.41 Å². The van der Waals surface area contributed by atoms with Crippen molar-refractivity contribution in [1.29, 1.82) is 0 Å². The summed E-state index contributed by atoms with van der Waals surface area (Å²) in [5.41, 5.74) is 10.5. The second-order valence-electron chi connectivity index (χ2n) is 10.7. The van der Waals surface area contributed by atoms with Gasteiger partial charge in [-0.2, -0.15) is 0 Å². The van der Waals surface area contributed by atoms with Gasteiger partial charge in [0.15, 0.2) is 0 Å². The van der Waals surface area contributed by atoms with E-state index < -0.39 is 0 Å². The first kappa shape index (κ1) is 16.8. The summed E-state index contributed by atoms with van der Waals surface area (Å²) in [5, 5.41) is 1.33. The Hall–Kier alpha value is -2.80. The van der Waals surface area contributed by atoms with E-state index in [1.54, 1.807) is 11.1 Å². The molecule has 4 saturated carbocycles. The number of H-pyrrole nitrogens is 1. The van der Waals surface area contributed by atoms with Crippen LogP contribution < -0.4 is 0 Å². The molecule has 1 nitrogen and oxygen atoms in total. The van der Waals surface area contributed by atoms with Crippen molar-refractivity contribution in [3.8, 4) is 22.3 Å². The number of aromatic nitrogens is 1. The average Bonchev–Trinajstić information content (AvgIpc) is 3.38. The lowest BCUT2D eigenvalue weighted by Gasteiger charge is -2.61. The van der Waals surface area contributed by atoms with Gasteiger partial charge in [0.2, 0.25) is 0 Å². The van der Waals surface area contributed by atoms with Gasteiger partial charge in [-0.15, -0.1) is 0 Å². The van der Waals surface area contributed by atoms with Gasteiger partial charge in [-0.3, -0.25) is 0 Å². The minimum atomic E-state index is 0.251. The summed E-state index contributed by atoms with van der Waals surface area (Å²) in [6, 6.07) is 25.7. The van der Waals surface area contributed by atoms with E-state index in [-0.39, 0.29) is 5.41 Å². The molecule has 4 bridgehead atoms. The Morgan fingerprint density at radius 1 is 0.645 bits per heavy atom. The summed E-state index contributed by atoms with van der Waals surface area (Å²) in [7, 11) is 0. The molecule has 1 spiro atoms. The molecule has 0 unspecified atom stereocenters. The van der Waals surface area contributed by atoms with Gasteiger partial charge in [-0.25, -0.2) is 0 Å². The Morgan fingerprint density at radius 3 is 2.23 bits per heavy atom. The third-order valence-corrected chi connectivity index (χ3v) is 9.46. The van der Waals surface area contributed by atoms with Crippen LogP contribution in [0.25, 0.3) is 33.2 Å². The molecule has 0 amide bonds. The van der Waals surface area contributed by atoms with Crippen molar-refractivity contribution >= 4 is 10.9 Å². The molecule has 31 heavy (non-hydrogen) atoms. The maximum absolute atomic E-state index is 3.40. The summed E-state index contributed by atoms with van der Waals surface area (Å²) in [6.45, 7) is 0. The van der Waals surface area contributed by atoms with Crippen LogP contribution >= 0.6 is 0 Å². The Balaban J connectivity index is 1.41. The lowest BCUT2D eigenvalue weighted by atomic mass is 9.43. The molecule has 1 heteroatoms. The van der Waals surface area contributed by atoms with Crippen molar-refractivity contribution < 1.29 is 0 Å². The van der Waals surface area contributed by atoms with Crippen LogP contribution in [0.1, 0.15) is 43.2 Å². The monoisotopic (exact) mass is 401 g/mol. The maximum Gasteiger partial charge on any atom is 0.0460 e. The molecule has 0 aliphatic heterocycles. The number of rotatable bonds is 1. The van der Waals surface area contributed by atoms with Gasteiger partial charge in [0.1, 0.15) is 0 Å². The molecular formula is C30H27N. The van der Waals surface area contributed by atoms with E-state index in [0.717, 1.165) is 23.7 Å². The molecule has 4 fully saturated rings. The molecule has 5 aliphatic rings. The molecular weight excluding hydrogens is 374 g/mol. The predicted molar refractivity (Wildman–Crippen MR) is 127 cm³/mol. The van der Waals surface area contributed by atoms with Gasteiger partial charge in [-0.1, -0.05) is 48.5 Å². The van der Waals surface area contributed by atoms with E-state index in [1.807, 2.05) is 0 Å². The molecule has 152 valence electrons. The van der Waals surface area contributed by atoms with Crippen LogP contribution in [0.15, 0.2) is 72.9 Å². The SMILES string of the molecule is c1ccc2c(c1)-c1ccc(-c3cccc4[nH]ccc34)cc1C21C2CC3CC(C2)CC1C3.